The van der Waals surface area contributed by atoms with Crippen molar-refractivity contribution in [1.82, 2.24) is 10.2 Å². The maximum atomic E-state index is 3.66. The summed E-state index contributed by atoms with van der Waals surface area (Å²) in [6, 6.07) is 0.603. The van der Waals surface area contributed by atoms with E-state index in [1.807, 2.05) is 0 Å². The molecule has 110 valence electrons. The van der Waals surface area contributed by atoms with Crippen molar-refractivity contribution in [2.45, 2.75) is 67.3 Å². The van der Waals surface area contributed by atoms with Crippen LogP contribution in [0, 0.1) is 11.3 Å². The first-order valence-corrected chi connectivity index (χ1v) is 7.74. The molecule has 1 N–H and O–H groups in total. The second-order valence-electron chi connectivity index (χ2n) is 7.00. The summed E-state index contributed by atoms with van der Waals surface area (Å²) in [5.74, 6) is 0.818. The van der Waals surface area contributed by atoms with Crippen LogP contribution >= 0.6 is 0 Å². The lowest BCUT2D eigenvalue weighted by Gasteiger charge is -2.25. The van der Waals surface area contributed by atoms with Gasteiger partial charge in [0.25, 0.3) is 0 Å². The molecule has 0 saturated heterocycles. The van der Waals surface area contributed by atoms with Crippen molar-refractivity contribution in [3.05, 3.63) is 0 Å². The van der Waals surface area contributed by atoms with Crippen molar-refractivity contribution in [2.75, 3.05) is 26.2 Å². The van der Waals surface area contributed by atoms with E-state index in [9.17, 15) is 0 Å². The number of hydrogen-bond acceptors (Lipinski definition) is 2. The molecule has 2 heteroatoms. The fourth-order valence-electron chi connectivity index (χ4n) is 2.66. The first-order valence-electron chi connectivity index (χ1n) is 7.74. The van der Waals surface area contributed by atoms with Crippen LogP contribution < -0.4 is 5.32 Å². The van der Waals surface area contributed by atoms with E-state index in [0.29, 0.717) is 11.5 Å². The molecule has 0 aliphatic carbocycles. The third-order valence-electron chi connectivity index (χ3n) is 3.52. The van der Waals surface area contributed by atoms with Crippen molar-refractivity contribution in [3.8, 4) is 0 Å². The monoisotopic (exact) mass is 256 g/mol. The van der Waals surface area contributed by atoms with E-state index in [0.717, 1.165) is 25.6 Å². The molecule has 0 aliphatic rings. The van der Waals surface area contributed by atoms with E-state index >= 15 is 0 Å². The molecule has 0 heterocycles. The van der Waals surface area contributed by atoms with Gasteiger partial charge in [-0.05, 0) is 50.7 Å². The van der Waals surface area contributed by atoms with E-state index in [1.54, 1.807) is 0 Å². The first-order chi connectivity index (χ1) is 8.28. The second kappa shape index (κ2) is 8.92. The van der Waals surface area contributed by atoms with Crippen LogP contribution in [0.1, 0.15) is 61.3 Å². The van der Waals surface area contributed by atoms with Crippen LogP contribution in [0.5, 0.6) is 0 Å². The molecule has 0 aromatic heterocycles. The van der Waals surface area contributed by atoms with Crippen LogP contribution in [-0.2, 0) is 0 Å². The van der Waals surface area contributed by atoms with Gasteiger partial charge in [0.2, 0.25) is 0 Å². The van der Waals surface area contributed by atoms with Gasteiger partial charge in [0.05, 0.1) is 0 Å². The summed E-state index contributed by atoms with van der Waals surface area (Å²) in [4.78, 5) is 2.48. The summed E-state index contributed by atoms with van der Waals surface area (Å²) in [5, 5.41) is 3.66. The van der Waals surface area contributed by atoms with Crippen molar-refractivity contribution < 1.29 is 0 Å². The van der Waals surface area contributed by atoms with Gasteiger partial charge in [0.15, 0.2) is 0 Å². The topological polar surface area (TPSA) is 15.3 Å². The Labute approximate surface area is 116 Å². The maximum absolute atomic E-state index is 3.66. The summed E-state index contributed by atoms with van der Waals surface area (Å²) in [6.45, 7) is 20.8. The van der Waals surface area contributed by atoms with E-state index in [4.69, 9.17) is 0 Å². The fraction of sp³-hybridized carbons (Fsp3) is 1.00. The predicted molar refractivity (Wildman–Crippen MR) is 83.1 cm³/mol. The number of likely N-dealkylation sites (N-methyl/N-ethyl adjacent to an activating group) is 1. The van der Waals surface area contributed by atoms with Crippen molar-refractivity contribution in [3.63, 3.8) is 0 Å². The normalized spacial score (nSPS) is 16.0. The molecule has 0 saturated carbocycles. The predicted octanol–water partition coefficient (Wildman–Crippen LogP) is 3.77. The lowest BCUT2D eigenvalue weighted by molar-refractivity contribution is 0.261. The van der Waals surface area contributed by atoms with Gasteiger partial charge >= 0.3 is 0 Å². The molecule has 0 aromatic carbocycles. The Hall–Kier alpha value is -0.0800. The Morgan fingerprint density at radius 2 is 1.61 bits per heavy atom. The number of nitrogens with zero attached hydrogens (tertiary/aromatic N) is 1. The van der Waals surface area contributed by atoms with Crippen molar-refractivity contribution in [1.29, 1.82) is 0 Å². The third kappa shape index (κ3) is 9.90. The summed E-state index contributed by atoms with van der Waals surface area (Å²) in [7, 11) is 0. The highest BCUT2D eigenvalue weighted by molar-refractivity contribution is 4.70. The molecule has 0 amide bonds. The average molecular weight is 256 g/mol. The number of hydrogen-bond donors (Lipinski definition) is 1. The van der Waals surface area contributed by atoms with Gasteiger partial charge in [-0.15, -0.1) is 0 Å². The minimum absolute atomic E-state index is 0.465. The van der Waals surface area contributed by atoms with Gasteiger partial charge in [0.1, 0.15) is 0 Å². The summed E-state index contributed by atoms with van der Waals surface area (Å²) < 4.78 is 0. The van der Waals surface area contributed by atoms with Gasteiger partial charge in [-0.1, -0.05) is 41.5 Å². The molecule has 0 bridgehead atoms. The third-order valence-corrected chi connectivity index (χ3v) is 3.52. The van der Waals surface area contributed by atoms with Gasteiger partial charge in [0, 0.05) is 12.6 Å². The van der Waals surface area contributed by atoms with Crippen LogP contribution in [0.3, 0.4) is 0 Å². The van der Waals surface area contributed by atoms with E-state index in [-0.39, 0.29) is 0 Å². The molecule has 0 fully saturated rings. The number of rotatable bonds is 9. The Morgan fingerprint density at radius 1 is 1.06 bits per heavy atom. The van der Waals surface area contributed by atoms with Gasteiger partial charge in [-0.3, -0.25) is 0 Å². The molecular weight excluding hydrogens is 220 g/mol. The standard InChI is InChI=1S/C16H36N2/c1-8-18(9-2)13-15(4)17-11-10-14(3)12-16(5,6)7/h14-15,17H,8-13H2,1-7H3. The SMILES string of the molecule is CCN(CC)CC(C)NCCC(C)CC(C)(C)C. The summed E-state index contributed by atoms with van der Waals surface area (Å²) >= 11 is 0. The Kier molecular flexibility index (Phi) is 8.89. The Bertz CT molecular complexity index is 192. The van der Waals surface area contributed by atoms with Crippen LogP contribution in [0.4, 0.5) is 0 Å². The van der Waals surface area contributed by atoms with E-state index in [1.165, 1.54) is 19.4 Å². The summed E-state index contributed by atoms with van der Waals surface area (Å²) in [6.07, 6.45) is 2.61. The lowest BCUT2D eigenvalue weighted by atomic mass is 9.84. The molecule has 0 rings (SSSR count). The highest BCUT2D eigenvalue weighted by atomic mass is 15.1. The molecule has 0 spiro atoms. The zero-order chi connectivity index (χ0) is 14.2. The zero-order valence-corrected chi connectivity index (χ0v) is 13.8. The first kappa shape index (κ1) is 17.9. The Morgan fingerprint density at radius 3 is 2.06 bits per heavy atom. The number of nitrogens with one attached hydrogen (secondary N) is 1. The van der Waals surface area contributed by atoms with Crippen LogP contribution in [0.2, 0.25) is 0 Å². The minimum atomic E-state index is 0.465. The van der Waals surface area contributed by atoms with E-state index in [2.05, 4.69) is 58.7 Å². The van der Waals surface area contributed by atoms with Gasteiger partial charge in [-0.2, -0.15) is 0 Å². The quantitative estimate of drug-likeness (QED) is 0.675. The minimum Gasteiger partial charge on any atom is -0.313 e. The molecule has 2 nitrogen and oxygen atoms in total. The molecular formula is C16H36N2. The van der Waals surface area contributed by atoms with Crippen LogP contribution in [0.25, 0.3) is 0 Å². The van der Waals surface area contributed by atoms with Gasteiger partial charge in [-0.25, -0.2) is 0 Å². The Balaban J connectivity index is 3.70. The van der Waals surface area contributed by atoms with Crippen molar-refractivity contribution in [2.24, 2.45) is 11.3 Å². The zero-order valence-electron chi connectivity index (χ0n) is 13.8. The molecule has 0 radical (unpaired) electrons. The van der Waals surface area contributed by atoms with E-state index < -0.39 is 0 Å². The largest absolute Gasteiger partial charge is 0.313 e. The highest BCUT2D eigenvalue weighted by Crippen LogP contribution is 2.25. The van der Waals surface area contributed by atoms with Gasteiger partial charge < -0.3 is 10.2 Å². The molecule has 2 unspecified atom stereocenters. The molecule has 18 heavy (non-hydrogen) atoms. The van der Waals surface area contributed by atoms with Crippen LogP contribution in [0.15, 0.2) is 0 Å². The second-order valence-corrected chi connectivity index (χ2v) is 7.00. The smallest absolute Gasteiger partial charge is 0.0166 e. The highest BCUT2D eigenvalue weighted by Gasteiger charge is 2.15. The van der Waals surface area contributed by atoms with Crippen LogP contribution in [-0.4, -0.2) is 37.1 Å². The summed E-state index contributed by atoms with van der Waals surface area (Å²) in [5.41, 5.74) is 0.465. The average Bonchev–Trinajstić information content (AvgIpc) is 2.23. The maximum Gasteiger partial charge on any atom is 0.0166 e. The molecule has 0 aliphatic heterocycles. The molecule has 2 atom stereocenters. The lowest BCUT2D eigenvalue weighted by Crippen LogP contribution is -2.39. The molecule has 0 aromatic rings. The van der Waals surface area contributed by atoms with Crippen molar-refractivity contribution >= 4 is 0 Å². The fourth-order valence-corrected chi connectivity index (χ4v) is 2.66.